The van der Waals surface area contributed by atoms with Crippen LogP contribution in [0.15, 0.2) is 54.6 Å². The fraction of sp³-hybridized carbons (Fsp3) is 0.316. The molecule has 0 aliphatic heterocycles. The van der Waals surface area contributed by atoms with Crippen molar-refractivity contribution in [3.05, 3.63) is 71.5 Å². The fourth-order valence-corrected chi connectivity index (χ4v) is 3.13. The van der Waals surface area contributed by atoms with Crippen LogP contribution in [0.5, 0.6) is 0 Å². The van der Waals surface area contributed by atoms with Crippen molar-refractivity contribution in [1.82, 2.24) is 5.32 Å². The number of carbonyl (C=O) groups is 1. The molecule has 2 aromatic rings. The molecule has 0 saturated heterocycles. The molecule has 0 radical (unpaired) electrons. The van der Waals surface area contributed by atoms with E-state index in [0.717, 1.165) is 12.8 Å². The number of benzene rings is 2. The minimum Gasteiger partial charge on any atom is -0.355 e. The van der Waals surface area contributed by atoms with Gasteiger partial charge >= 0.3 is 0 Å². The monoisotopic (exact) mass is 297 g/mol. The van der Waals surface area contributed by atoms with Crippen LogP contribution >= 0.6 is 0 Å². The van der Waals surface area contributed by atoms with Crippen molar-refractivity contribution in [2.45, 2.75) is 31.1 Å². The number of hydrogen-bond acceptors (Lipinski definition) is 1. The average Bonchev–Trinajstić information content (AvgIpc) is 2.47. The lowest BCUT2D eigenvalue weighted by Gasteiger charge is -2.42. The Balaban J connectivity index is 1.60. The molecule has 0 spiro atoms. The summed E-state index contributed by atoms with van der Waals surface area (Å²) in [5, 5.41) is 3.03. The highest BCUT2D eigenvalue weighted by Crippen LogP contribution is 2.43. The lowest BCUT2D eigenvalue weighted by molar-refractivity contribution is -0.120. The van der Waals surface area contributed by atoms with E-state index < -0.39 is 0 Å². The van der Waals surface area contributed by atoms with E-state index in [0.29, 0.717) is 12.1 Å². The molecule has 1 saturated carbocycles. The molecule has 3 rings (SSSR count). The quantitative estimate of drug-likeness (QED) is 0.897. The van der Waals surface area contributed by atoms with Crippen molar-refractivity contribution in [1.29, 1.82) is 0 Å². The smallest absolute Gasteiger partial charge is 0.224 e. The van der Waals surface area contributed by atoms with Gasteiger partial charge in [0.25, 0.3) is 0 Å². The zero-order valence-electron chi connectivity index (χ0n) is 12.5. The molecule has 114 valence electrons. The summed E-state index contributed by atoms with van der Waals surface area (Å²) in [6.45, 7) is 0.658. The number of halogens is 1. The molecule has 3 heteroatoms. The van der Waals surface area contributed by atoms with E-state index in [1.807, 2.05) is 18.2 Å². The molecule has 1 aliphatic rings. The molecule has 1 fully saturated rings. The minimum absolute atomic E-state index is 0.0483. The van der Waals surface area contributed by atoms with Crippen LogP contribution in [0, 0.1) is 5.82 Å². The van der Waals surface area contributed by atoms with E-state index in [-0.39, 0.29) is 23.6 Å². The molecule has 1 N–H and O–H groups in total. The van der Waals surface area contributed by atoms with Crippen molar-refractivity contribution in [3.63, 3.8) is 0 Å². The third-order valence-corrected chi connectivity index (χ3v) is 4.57. The van der Waals surface area contributed by atoms with Crippen molar-refractivity contribution >= 4 is 5.91 Å². The molecule has 1 amide bonds. The van der Waals surface area contributed by atoms with Gasteiger partial charge in [0.05, 0.1) is 6.42 Å². The van der Waals surface area contributed by atoms with Gasteiger partial charge < -0.3 is 5.32 Å². The van der Waals surface area contributed by atoms with Gasteiger partial charge in [-0.25, -0.2) is 4.39 Å². The summed E-state index contributed by atoms with van der Waals surface area (Å²) in [6, 6.07) is 16.6. The van der Waals surface area contributed by atoms with Crippen LogP contribution < -0.4 is 5.32 Å². The van der Waals surface area contributed by atoms with Crippen molar-refractivity contribution < 1.29 is 9.18 Å². The molecule has 0 unspecified atom stereocenters. The first-order chi connectivity index (χ1) is 10.7. The Labute approximate surface area is 130 Å². The fourth-order valence-electron chi connectivity index (χ4n) is 3.13. The van der Waals surface area contributed by atoms with Gasteiger partial charge in [-0.05, 0) is 36.1 Å². The maximum Gasteiger partial charge on any atom is 0.224 e. The predicted molar refractivity (Wildman–Crippen MR) is 85.1 cm³/mol. The van der Waals surface area contributed by atoms with Gasteiger partial charge in [-0.3, -0.25) is 4.79 Å². The van der Waals surface area contributed by atoms with E-state index in [4.69, 9.17) is 0 Å². The molecule has 0 bridgehead atoms. The standard InChI is InChI=1S/C19H20FNO/c20-17-9-4-6-15(12-17)13-18(22)21-14-19(10-5-11-19)16-7-2-1-3-8-16/h1-4,6-9,12H,5,10-11,13-14H2,(H,21,22). The summed E-state index contributed by atoms with van der Waals surface area (Å²) in [4.78, 5) is 12.1. The van der Waals surface area contributed by atoms with Gasteiger partial charge in [0, 0.05) is 12.0 Å². The van der Waals surface area contributed by atoms with E-state index in [1.165, 1.54) is 24.1 Å². The number of amides is 1. The first-order valence-electron chi connectivity index (χ1n) is 7.75. The predicted octanol–water partition coefficient (Wildman–Crippen LogP) is 3.61. The lowest BCUT2D eigenvalue weighted by Crippen LogP contribution is -2.45. The molecule has 0 aromatic heterocycles. The number of carbonyl (C=O) groups excluding carboxylic acids is 1. The first kappa shape index (κ1) is 14.8. The van der Waals surface area contributed by atoms with Crippen molar-refractivity contribution in [2.24, 2.45) is 0 Å². The Kier molecular flexibility index (Phi) is 4.23. The third-order valence-electron chi connectivity index (χ3n) is 4.57. The maximum absolute atomic E-state index is 13.1. The normalized spacial score (nSPS) is 15.9. The van der Waals surface area contributed by atoms with Crippen molar-refractivity contribution in [3.8, 4) is 0 Å². The molecule has 1 aliphatic carbocycles. The van der Waals surface area contributed by atoms with Gasteiger partial charge in [-0.1, -0.05) is 48.9 Å². The van der Waals surface area contributed by atoms with E-state index >= 15 is 0 Å². The molecular weight excluding hydrogens is 277 g/mol. The van der Waals surface area contributed by atoms with Crippen LogP contribution in [0.1, 0.15) is 30.4 Å². The molecular formula is C19H20FNO. The van der Waals surface area contributed by atoms with Crippen LogP contribution in [-0.4, -0.2) is 12.5 Å². The average molecular weight is 297 g/mol. The van der Waals surface area contributed by atoms with Crippen LogP contribution in [0.2, 0.25) is 0 Å². The first-order valence-corrected chi connectivity index (χ1v) is 7.75. The lowest BCUT2D eigenvalue weighted by atomic mass is 9.64. The van der Waals surface area contributed by atoms with Gasteiger partial charge in [0.15, 0.2) is 0 Å². The van der Waals surface area contributed by atoms with Crippen LogP contribution in [0.4, 0.5) is 4.39 Å². The SMILES string of the molecule is O=C(Cc1cccc(F)c1)NCC1(c2ccccc2)CCC1. The summed E-state index contributed by atoms with van der Waals surface area (Å²) < 4.78 is 13.1. The second-order valence-corrected chi connectivity index (χ2v) is 6.08. The Hall–Kier alpha value is -2.16. The molecule has 2 nitrogen and oxygen atoms in total. The highest BCUT2D eigenvalue weighted by Gasteiger charge is 2.38. The molecule has 0 heterocycles. The summed E-state index contributed by atoms with van der Waals surface area (Å²) >= 11 is 0. The molecule has 2 aromatic carbocycles. The number of nitrogens with one attached hydrogen (secondary N) is 1. The zero-order chi connectivity index (χ0) is 15.4. The second kappa shape index (κ2) is 6.30. The maximum atomic E-state index is 13.1. The molecule has 22 heavy (non-hydrogen) atoms. The minimum atomic E-state index is -0.301. The topological polar surface area (TPSA) is 29.1 Å². The third kappa shape index (κ3) is 3.19. The largest absolute Gasteiger partial charge is 0.355 e. The highest BCUT2D eigenvalue weighted by molar-refractivity contribution is 5.78. The van der Waals surface area contributed by atoms with Gasteiger partial charge in [-0.15, -0.1) is 0 Å². The molecule has 0 atom stereocenters. The van der Waals surface area contributed by atoms with E-state index in [2.05, 4.69) is 17.4 Å². The van der Waals surface area contributed by atoms with Crippen LogP contribution in [0.3, 0.4) is 0 Å². The van der Waals surface area contributed by atoms with Gasteiger partial charge in [0.1, 0.15) is 5.82 Å². The van der Waals surface area contributed by atoms with Gasteiger partial charge in [-0.2, -0.15) is 0 Å². The number of rotatable bonds is 5. The van der Waals surface area contributed by atoms with E-state index in [1.54, 1.807) is 12.1 Å². The summed E-state index contributed by atoms with van der Waals surface area (Å²) in [5.41, 5.74) is 2.09. The van der Waals surface area contributed by atoms with Crippen molar-refractivity contribution in [2.75, 3.05) is 6.54 Å². The van der Waals surface area contributed by atoms with Gasteiger partial charge in [0.2, 0.25) is 5.91 Å². The zero-order valence-corrected chi connectivity index (χ0v) is 12.5. The van der Waals surface area contributed by atoms with Crippen LogP contribution in [0.25, 0.3) is 0 Å². The summed E-state index contributed by atoms with van der Waals surface area (Å²) in [7, 11) is 0. The summed E-state index contributed by atoms with van der Waals surface area (Å²) in [6.07, 6.45) is 3.64. The van der Waals surface area contributed by atoms with Crippen LogP contribution in [-0.2, 0) is 16.6 Å². The Morgan fingerprint density at radius 2 is 1.86 bits per heavy atom. The second-order valence-electron chi connectivity index (χ2n) is 6.08. The highest BCUT2D eigenvalue weighted by atomic mass is 19.1. The van der Waals surface area contributed by atoms with E-state index in [9.17, 15) is 9.18 Å². The summed E-state index contributed by atoms with van der Waals surface area (Å²) in [5.74, 6) is -0.349. The Morgan fingerprint density at radius 3 is 2.50 bits per heavy atom. The Morgan fingerprint density at radius 1 is 1.09 bits per heavy atom. The number of hydrogen-bond donors (Lipinski definition) is 1. The Bertz CT molecular complexity index is 649.